The molecule has 0 saturated carbocycles. The topological polar surface area (TPSA) is 92.5 Å². The quantitative estimate of drug-likeness (QED) is 0.292. The maximum absolute atomic E-state index is 16.7. The number of halogens is 2. The van der Waals surface area contributed by atoms with Gasteiger partial charge in [0.2, 0.25) is 0 Å². The summed E-state index contributed by atoms with van der Waals surface area (Å²) in [6.07, 6.45) is 0.124. The fourth-order valence-corrected chi connectivity index (χ4v) is 4.17. The third-order valence-corrected chi connectivity index (χ3v) is 6.04. The summed E-state index contributed by atoms with van der Waals surface area (Å²) in [6.45, 7) is -0.806. The highest BCUT2D eigenvalue weighted by Gasteiger charge is 2.56. The van der Waals surface area contributed by atoms with Crippen molar-refractivity contribution in [1.29, 1.82) is 0 Å². The standard InChI is InChI=1S/C25H19ClFN3O5/c26-21-18-11-12-30(22(18)29-15-28-21)25(27)14-34-19(13-33-23(31)16-7-3-1-4-8-16)20(25)35-24(32)17-9-5-2-6-10-17/h1-12,15,19-20H,13-14H2/t19-,20-,25-/m1/s1. The molecule has 0 amide bonds. The van der Waals surface area contributed by atoms with Gasteiger partial charge in [-0.15, -0.1) is 0 Å². The number of fused-ring (bicyclic) bond motifs is 1. The molecule has 0 N–H and O–H groups in total. The normalized spacial score (nSPS) is 21.7. The molecule has 5 rings (SSSR count). The van der Waals surface area contributed by atoms with E-state index < -0.39 is 36.5 Å². The Balaban J connectivity index is 1.45. The number of benzene rings is 2. The Bertz CT molecular complexity index is 1370. The number of carbonyl (C=O) groups excluding carboxylic acids is 2. The molecule has 10 heteroatoms. The van der Waals surface area contributed by atoms with E-state index in [9.17, 15) is 9.59 Å². The van der Waals surface area contributed by atoms with Crippen LogP contribution in [0.4, 0.5) is 4.39 Å². The summed E-state index contributed by atoms with van der Waals surface area (Å²) in [7, 11) is 0. The Morgan fingerprint density at radius 3 is 2.37 bits per heavy atom. The smallest absolute Gasteiger partial charge is 0.338 e. The van der Waals surface area contributed by atoms with Crippen LogP contribution in [0.25, 0.3) is 11.0 Å². The van der Waals surface area contributed by atoms with Gasteiger partial charge in [-0.2, -0.15) is 0 Å². The summed E-state index contributed by atoms with van der Waals surface area (Å²) in [6, 6.07) is 18.1. The zero-order valence-electron chi connectivity index (χ0n) is 18.2. The minimum atomic E-state index is -2.35. The summed E-state index contributed by atoms with van der Waals surface area (Å²) in [4.78, 5) is 33.4. The number of hydrogen-bond donors (Lipinski definition) is 0. The molecule has 8 nitrogen and oxygen atoms in total. The van der Waals surface area contributed by atoms with Crippen molar-refractivity contribution in [2.45, 2.75) is 18.0 Å². The first kappa shape index (κ1) is 22.9. The lowest BCUT2D eigenvalue weighted by Crippen LogP contribution is -2.46. The summed E-state index contributed by atoms with van der Waals surface area (Å²) in [5, 5.41) is 0.584. The van der Waals surface area contributed by atoms with Crippen LogP contribution in [0, 0.1) is 0 Å². The molecule has 3 heterocycles. The van der Waals surface area contributed by atoms with E-state index in [2.05, 4.69) is 9.97 Å². The summed E-state index contributed by atoms with van der Waals surface area (Å²) in [5.74, 6) is -3.70. The Labute approximate surface area is 204 Å². The van der Waals surface area contributed by atoms with Gasteiger partial charge in [-0.25, -0.2) is 23.9 Å². The molecule has 2 aromatic carbocycles. The van der Waals surface area contributed by atoms with Gasteiger partial charge in [-0.1, -0.05) is 48.0 Å². The molecule has 1 aliphatic heterocycles. The first-order chi connectivity index (χ1) is 17.0. The van der Waals surface area contributed by atoms with Crippen LogP contribution in [0.15, 0.2) is 79.3 Å². The van der Waals surface area contributed by atoms with E-state index in [1.807, 2.05) is 0 Å². The van der Waals surface area contributed by atoms with Gasteiger partial charge in [0.1, 0.15) is 36.4 Å². The van der Waals surface area contributed by atoms with Crippen LogP contribution < -0.4 is 0 Å². The van der Waals surface area contributed by atoms with Crippen LogP contribution in [0.5, 0.6) is 0 Å². The van der Waals surface area contributed by atoms with Crippen molar-refractivity contribution in [1.82, 2.24) is 14.5 Å². The lowest BCUT2D eigenvalue weighted by molar-refractivity contribution is -0.0665. The first-order valence-corrected chi connectivity index (χ1v) is 11.1. The second-order valence-electron chi connectivity index (χ2n) is 7.91. The van der Waals surface area contributed by atoms with Gasteiger partial charge in [0.25, 0.3) is 5.79 Å². The summed E-state index contributed by atoms with van der Waals surface area (Å²) < 4.78 is 34.6. The molecule has 1 fully saturated rings. The highest BCUT2D eigenvalue weighted by Crippen LogP contribution is 2.39. The number of aromatic nitrogens is 3. The second-order valence-corrected chi connectivity index (χ2v) is 8.27. The largest absolute Gasteiger partial charge is 0.459 e. The molecular formula is C25H19ClFN3O5. The number of carbonyl (C=O) groups is 2. The van der Waals surface area contributed by atoms with Gasteiger partial charge < -0.3 is 14.2 Å². The van der Waals surface area contributed by atoms with Crippen LogP contribution in [0.1, 0.15) is 20.7 Å². The van der Waals surface area contributed by atoms with Crippen molar-refractivity contribution in [2.24, 2.45) is 0 Å². The third kappa shape index (κ3) is 4.36. The van der Waals surface area contributed by atoms with Crippen molar-refractivity contribution in [3.05, 3.63) is 95.5 Å². The molecule has 178 valence electrons. The fourth-order valence-electron chi connectivity index (χ4n) is 3.98. The van der Waals surface area contributed by atoms with E-state index >= 15 is 4.39 Å². The molecule has 1 saturated heterocycles. The third-order valence-electron chi connectivity index (χ3n) is 5.74. The highest BCUT2D eigenvalue weighted by molar-refractivity contribution is 6.33. The molecule has 0 radical (unpaired) electrons. The zero-order chi connectivity index (χ0) is 24.4. The van der Waals surface area contributed by atoms with Crippen LogP contribution in [0.2, 0.25) is 5.15 Å². The average molecular weight is 496 g/mol. The lowest BCUT2D eigenvalue weighted by atomic mass is 10.1. The fraction of sp³-hybridized carbons (Fsp3) is 0.200. The molecule has 0 unspecified atom stereocenters. The minimum Gasteiger partial charge on any atom is -0.459 e. The van der Waals surface area contributed by atoms with Crippen LogP contribution in [-0.4, -0.2) is 51.9 Å². The number of nitrogens with zero attached hydrogens (tertiary/aromatic N) is 3. The van der Waals surface area contributed by atoms with E-state index in [4.69, 9.17) is 25.8 Å². The number of alkyl halides is 1. The van der Waals surface area contributed by atoms with Crippen LogP contribution in [-0.2, 0) is 20.0 Å². The van der Waals surface area contributed by atoms with E-state index in [1.54, 1.807) is 66.7 Å². The molecule has 4 aromatic rings. The van der Waals surface area contributed by atoms with Gasteiger partial charge in [-0.3, -0.25) is 4.57 Å². The minimum absolute atomic E-state index is 0.155. The maximum Gasteiger partial charge on any atom is 0.338 e. The zero-order valence-corrected chi connectivity index (χ0v) is 19.0. The number of ether oxygens (including phenoxy) is 3. The molecule has 3 atom stereocenters. The number of hydrogen-bond acceptors (Lipinski definition) is 7. The van der Waals surface area contributed by atoms with Crippen molar-refractivity contribution < 1.29 is 28.2 Å². The lowest BCUT2D eigenvalue weighted by Gasteiger charge is -2.29. The van der Waals surface area contributed by atoms with Gasteiger partial charge in [-0.05, 0) is 30.3 Å². The molecule has 35 heavy (non-hydrogen) atoms. The summed E-state index contributed by atoms with van der Waals surface area (Å²) >= 11 is 6.13. The first-order valence-electron chi connectivity index (χ1n) is 10.7. The van der Waals surface area contributed by atoms with Crippen LogP contribution in [0.3, 0.4) is 0 Å². The van der Waals surface area contributed by atoms with E-state index in [-0.39, 0.29) is 23.0 Å². The predicted octanol–water partition coefficient (Wildman–Crippen LogP) is 4.19. The molecule has 1 aliphatic rings. The Morgan fingerprint density at radius 2 is 1.69 bits per heavy atom. The number of rotatable bonds is 6. The molecule has 2 aromatic heterocycles. The van der Waals surface area contributed by atoms with Crippen molar-refractivity contribution in [3.63, 3.8) is 0 Å². The highest BCUT2D eigenvalue weighted by atomic mass is 35.5. The van der Waals surface area contributed by atoms with Gasteiger partial charge in [0.05, 0.1) is 16.5 Å². The van der Waals surface area contributed by atoms with E-state index in [0.29, 0.717) is 10.9 Å². The molecule has 0 aliphatic carbocycles. The summed E-state index contributed by atoms with van der Waals surface area (Å²) in [5.41, 5.74) is 0.779. The predicted molar refractivity (Wildman–Crippen MR) is 124 cm³/mol. The van der Waals surface area contributed by atoms with Crippen molar-refractivity contribution >= 4 is 34.6 Å². The number of esters is 2. The van der Waals surface area contributed by atoms with Gasteiger partial charge in [0, 0.05) is 6.20 Å². The Morgan fingerprint density at radius 1 is 1.03 bits per heavy atom. The second kappa shape index (κ2) is 9.44. The van der Waals surface area contributed by atoms with Crippen molar-refractivity contribution in [2.75, 3.05) is 13.2 Å². The van der Waals surface area contributed by atoms with Gasteiger partial charge >= 0.3 is 11.9 Å². The molecule has 0 bridgehead atoms. The maximum atomic E-state index is 16.7. The van der Waals surface area contributed by atoms with E-state index in [0.717, 1.165) is 0 Å². The Kier molecular flexibility index (Phi) is 6.19. The molecular weight excluding hydrogens is 477 g/mol. The Hall–Kier alpha value is -3.82. The average Bonchev–Trinajstić information content (AvgIpc) is 3.47. The van der Waals surface area contributed by atoms with Gasteiger partial charge in [0.15, 0.2) is 6.10 Å². The SMILES string of the molecule is O=C(OC[C@H]1OC[C@@](F)(n2ccc3c(Cl)ncnc32)[C@@H]1OC(=O)c1ccccc1)c1ccccc1. The van der Waals surface area contributed by atoms with Crippen molar-refractivity contribution in [3.8, 4) is 0 Å². The van der Waals surface area contributed by atoms with Crippen LogP contribution >= 0.6 is 11.6 Å². The molecule has 0 spiro atoms. The van der Waals surface area contributed by atoms with E-state index in [1.165, 1.54) is 17.1 Å². The monoisotopic (exact) mass is 495 g/mol.